The average molecular weight is 415 g/mol. The molecule has 0 aliphatic heterocycles. The van der Waals surface area contributed by atoms with E-state index in [1.54, 1.807) is 11.6 Å². The lowest BCUT2D eigenvalue weighted by Crippen LogP contribution is -2.20. The van der Waals surface area contributed by atoms with E-state index in [0.29, 0.717) is 11.2 Å². The van der Waals surface area contributed by atoms with Gasteiger partial charge in [-0.1, -0.05) is 48.6 Å². The van der Waals surface area contributed by atoms with Gasteiger partial charge in [-0.05, 0) is 23.3 Å². The number of rotatable bonds is 4. The summed E-state index contributed by atoms with van der Waals surface area (Å²) in [4.78, 5) is 27.8. The topological polar surface area (TPSA) is 56.5 Å². The number of pyridine rings is 1. The number of methoxy groups -OCH3 is 1. The van der Waals surface area contributed by atoms with Crippen molar-refractivity contribution >= 4 is 45.7 Å². The smallest absolute Gasteiger partial charge is 0.342 e. The quantitative estimate of drug-likeness (QED) is 0.373. The molecule has 0 bridgehead atoms. The van der Waals surface area contributed by atoms with E-state index in [1.807, 2.05) is 79.2 Å². The molecule has 2 aromatic carbocycles. The molecule has 2 aromatic heterocycles. The van der Waals surface area contributed by atoms with Crippen LogP contribution in [0.15, 0.2) is 53.3 Å². The highest BCUT2D eigenvalue weighted by Crippen LogP contribution is 2.34. The monoisotopic (exact) mass is 415 g/mol. The highest BCUT2D eigenvalue weighted by Gasteiger charge is 2.27. The highest BCUT2D eigenvalue weighted by atomic mass is 16.5. The Morgan fingerprint density at radius 2 is 1.65 bits per heavy atom. The van der Waals surface area contributed by atoms with Crippen LogP contribution in [0.4, 0.5) is 5.82 Å². The molecular weight excluding hydrogens is 390 g/mol. The Hall–Kier alpha value is -3.80. The zero-order chi connectivity index (χ0) is 22.3. The minimum absolute atomic E-state index is 0.223. The van der Waals surface area contributed by atoms with Gasteiger partial charge in [-0.2, -0.15) is 0 Å². The minimum atomic E-state index is -0.522. The summed E-state index contributed by atoms with van der Waals surface area (Å²) in [6.45, 7) is 0. The van der Waals surface area contributed by atoms with Crippen molar-refractivity contribution in [1.82, 2.24) is 9.13 Å². The molecule has 4 aromatic rings. The van der Waals surface area contributed by atoms with Gasteiger partial charge in [0.15, 0.2) is 0 Å². The van der Waals surface area contributed by atoms with Crippen LogP contribution >= 0.6 is 0 Å². The van der Waals surface area contributed by atoms with E-state index in [1.165, 1.54) is 7.11 Å². The van der Waals surface area contributed by atoms with Gasteiger partial charge in [-0.25, -0.2) is 4.79 Å². The van der Waals surface area contributed by atoms with E-state index in [2.05, 4.69) is 12.1 Å². The number of aryl methyl sites for hydroxylation is 2. The molecule has 0 spiro atoms. The van der Waals surface area contributed by atoms with Gasteiger partial charge >= 0.3 is 5.97 Å². The first-order valence-electron chi connectivity index (χ1n) is 9.99. The molecule has 0 N–H and O–H groups in total. The molecule has 6 heteroatoms. The molecule has 0 aliphatic carbocycles. The first-order chi connectivity index (χ1) is 14.8. The molecule has 158 valence electrons. The largest absolute Gasteiger partial charge is 0.465 e. The van der Waals surface area contributed by atoms with E-state index < -0.39 is 5.97 Å². The van der Waals surface area contributed by atoms with E-state index in [-0.39, 0.29) is 11.1 Å². The number of aromatic nitrogens is 2. The Morgan fingerprint density at radius 1 is 0.968 bits per heavy atom. The summed E-state index contributed by atoms with van der Waals surface area (Å²) in [5.41, 5.74) is 3.70. The number of hydrogen-bond donors (Lipinski definition) is 0. The second kappa shape index (κ2) is 7.80. The number of carbonyl (C=O) groups is 1. The Morgan fingerprint density at radius 3 is 2.29 bits per heavy atom. The van der Waals surface area contributed by atoms with Crippen molar-refractivity contribution in [3.05, 3.63) is 75.6 Å². The van der Waals surface area contributed by atoms with E-state index in [9.17, 15) is 9.59 Å². The summed E-state index contributed by atoms with van der Waals surface area (Å²) in [6.07, 6.45) is 4.10. The Labute approximate surface area is 180 Å². The second-order valence-corrected chi connectivity index (χ2v) is 7.75. The van der Waals surface area contributed by atoms with Gasteiger partial charge in [0.25, 0.3) is 5.56 Å². The lowest BCUT2D eigenvalue weighted by Gasteiger charge is -2.15. The van der Waals surface area contributed by atoms with E-state index in [4.69, 9.17) is 4.74 Å². The summed E-state index contributed by atoms with van der Waals surface area (Å²) < 4.78 is 8.52. The van der Waals surface area contributed by atoms with Crippen LogP contribution in [-0.2, 0) is 18.8 Å². The zero-order valence-corrected chi connectivity index (χ0v) is 18.3. The molecule has 0 saturated carbocycles. The lowest BCUT2D eigenvalue weighted by atomic mass is 10.1. The molecular formula is C25H25N3O3. The van der Waals surface area contributed by atoms with Crippen LogP contribution < -0.4 is 10.5 Å². The molecule has 0 aliphatic rings. The van der Waals surface area contributed by atoms with Gasteiger partial charge in [-0.15, -0.1) is 0 Å². The van der Waals surface area contributed by atoms with Crippen molar-refractivity contribution in [3.8, 4) is 0 Å². The predicted octanol–water partition coefficient (Wildman–Crippen LogP) is 4.05. The molecule has 0 radical (unpaired) electrons. The SMILES string of the molecule is COC(=O)c1c(N(C)C)n(C)c2c1c(=O)n(C)c1ccc(C=Cc3ccccc3)cc21. The number of ether oxygens (including phenoxy) is 1. The fourth-order valence-electron chi connectivity index (χ4n) is 4.19. The van der Waals surface area contributed by atoms with Crippen molar-refractivity contribution in [2.75, 3.05) is 26.1 Å². The van der Waals surface area contributed by atoms with Crippen LogP contribution in [0.25, 0.3) is 34.0 Å². The fourth-order valence-corrected chi connectivity index (χ4v) is 4.19. The van der Waals surface area contributed by atoms with Gasteiger partial charge in [0.05, 0.1) is 23.5 Å². The number of fused-ring (bicyclic) bond motifs is 3. The third-order valence-corrected chi connectivity index (χ3v) is 5.60. The van der Waals surface area contributed by atoms with Crippen molar-refractivity contribution in [2.45, 2.75) is 0 Å². The second-order valence-electron chi connectivity index (χ2n) is 7.75. The number of esters is 1. The predicted molar refractivity (Wildman–Crippen MR) is 127 cm³/mol. The number of benzene rings is 2. The number of hydrogen-bond acceptors (Lipinski definition) is 4. The molecule has 0 unspecified atom stereocenters. The van der Waals surface area contributed by atoms with Crippen molar-refractivity contribution in [2.24, 2.45) is 14.1 Å². The summed E-state index contributed by atoms with van der Waals surface area (Å²) in [5.74, 6) is 0.113. The molecule has 6 nitrogen and oxygen atoms in total. The normalized spacial score (nSPS) is 11.5. The van der Waals surface area contributed by atoms with E-state index in [0.717, 1.165) is 27.5 Å². The maximum atomic E-state index is 13.3. The maximum absolute atomic E-state index is 13.3. The van der Waals surface area contributed by atoms with Crippen molar-refractivity contribution in [1.29, 1.82) is 0 Å². The van der Waals surface area contributed by atoms with Gasteiger partial charge in [0.1, 0.15) is 11.4 Å². The molecule has 2 heterocycles. The summed E-state index contributed by atoms with van der Waals surface area (Å²) in [6, 6.07) is 16.1. The zero-order valence-electron chi connectivity index (χ0n) is 18.3. The van der Waals surface area contributed by atoms with Crippen molar-refractivity contribution in [3.63, 3.8) is 0 Å². The van der Waals surface area contributed by atoms with Gasteiger partial charge in [-0.3, -0.25) is 4.79 Å². The Kier molecular flexibility index (Phi) is 5.15. The third kappa shape index (κ3) is 3.30. The standard InChI is InChI=1S/C25H25N3O3/c1-26(2)23-21(25(30)31-5)20-22(28(23)4)18-15-17(12-11-16-9-7-6-8-10-16)13-14-19(18)27(3)24(20)29/h6-15H,1-5H3. The molecule has 0 saturated heterocycles. The summed E-state index contributed by atoms with van der Waals surface area (Å²) >= 11 is 0. The van der Waals surface area contributed by atoms with Crippen molar-refractivity contribution < 1.29 is 9.53 Å². The fraction of sp³-hybridized carbons (Fsp3) is 0.200. The van der Waals surface area contributed by atoms with Crippen LogP contribution in [0.1, 0.15) is 21.5 Å². The third-order valence-electron chi connectivity index (χ3n) is 5.60. The van der Waals surface area contributed by atoms with Crippen LogP contribution in [-0.4, -0.2) is 36.3 Å². The summed E-state index contributed by atoms with van der Waals surface area (Å²) in [7, 11) is 8.63. The number of anilines is 1. The van der Waals surface area contributed by atoms with E-state index >= 15 is 0 Å². The average Bonchev–Trinajstić information content (AvgIpc) is 3.09. The maximum Gasteiger partial charge on any atom is 0.342 e. The molecule has 0 fully saturated rings. The van der Waals surface area contributed by atoms with Gasteiger partial charge in [0, 0.05) is 33.6 Å². The highest BCUT2D eigenvalue weighted by molar-refractivity contribution is 6.16. The number of nitrogens with zero attached hydrogens (tertiary/aromatic N) is 3. The van der Waals surface area contributed by atoms with Gasteiger partial charge in [0.2, 0.25) is 0 Å². The van der Waals surface area contributed by atoms with Crippen LogP contribution in [0.5, 0.6) is 0 Å². The molecule has 0 atom stereocenters. The summed E-state index contributed by atoms with van der Waals surface area (Å²) in [5, 5.41) is 1.27. The Balaban J connectivity index is 2.06. The Bertz CT molecular complexity index is 1390. The van der Waals surface area contributed by atoms with Gasteiger partial charge < -0.3 is 18.8 Å². The first-order valence-corrected chi connectivity index (χ1v) is 9.99. The number of carbonyl (C=O) groups excluding carboxylic acids is 1. The lowest BCUT2D eigenvalue weighted by molar-refractivity contribution is 0.0603. The molecule has 0 amide bonds. The van der Waals surface area contributed by atoms with Crippen LogP contribution in [0, 0.1) is 0 Å². The first kappa shape index (κ1) is 20.5. The molecule has 4 rings (SSSR count). The molecule has 31 heavy (non-hydrogen) atoms. The minimum Gasteiger partial charge on any atom is -0.465 e. The van der Waals surface area contributed by atoms with Crippen LogP contribution in [0.2, 0.25) is 0 Å². The van der Waals surface area contributed by atoms with Crippen LogP contribution in [0.3, 0.4) is 0 Å².